The maximum absolute atomic E-state index is 13.9. The zero-order chi connectivity index (χ0) is 31.8. The molecular formula is C31H29BrFN3O8. The number of para-hydroxylation sites is 1. The molecule has 0 aliphatic carbocycles. The van der Waals surface area contributed by atoms with Crippen molar-refractivity contribution in [3.63, 3.8) is 0 Å². The largest absolute Gasteiger partial charge is 0.493 e. The van der Waals surface area contributed by atoms with Gasteiger partial charge in [-0.15, -0.1) is 0 Å². The highest BCUT2D eigenvalue weighted by Gasteiger charge is 2.37. The summed E-state index contributed by atoms with van der Waals surface area (Å²) in [4.78, 5) is 52.2. The van der Waals surface area contributed by atoms with E-state index in [1.165, 1.54) is 55.7 Å². The summed E-state index contributed by atoms with van der Waals surface area (Å²) in [6.45, 7) is 4.06. The van der Waals surface area contributed by atoms with Crippen molar-refractivity contribution in [2.75, 3.05) is 37.1 Å². The Morgan fingerprint density at radius 1 is 1.00 bits per heavy atom. The molecule has 3 aromatic carbocycles. The van der Waals surface area contributed by atoms with Gasteiger partial charge in [0, 0.05) is 6.07 Å². The molecule has 1 saturated heterocycles. The van der Waals surface area contributed by atoms with E-state index >= 15 is 0 Å². The zero-order valence-corrected chi connectivity index (χ0v) is 25.7. The molecule has 1 fully saturated rings. The second kappa shape index (κ2) is 14.5. The molecule has 0 aromatic heterocycles. The van der Waals surface area contributed by atoms with Crippen molar-refractivity contribution in [1.82, 2.24) is 5.32 Å². The van der Waals surface area contributed by atoms with Crippen LogP contribution in [0.5, 0.6) is 23.0 Å². The Hall–Kier alpha value is -4.91. The fourth-order valence-corrected chi connectivity index (χ4v) is 4.72. The fraction of sp³-hybridized carbons (Fsp3) is 0.226. The number of barbiturate groups is 1. The van der Waals surface area contributed by atoms with Crippen LogP contribution in [-0.4, -0.2) is 50.7 Å². The highest BCUT2D eigenvalue weighted by molar-refractivity contribution is 9.10. The number of amides is 5. The summed E-state index contributed by atoms with van der Waals surface area (Å²) in [7, 11) is 1.37. The van der Waals surface area contributed by atoms with Gasteiger partial charge >= 0.3 is 6.03 Å². The van der Waals surface area contributed by atoms with Gasteiger partial charge in [-0.3, -0.25) is 19.7 Å². The van der Waals surface area contributed by atoms with Crippen molar-refractivity contribution in [1.29, 1.82) is 0 Å². The first-order valence-electron chi connectivity index (χ1n) is 13.5. The summed E-state index contributed by atoms with van der Waals surface area (Å²) in [6, 6.07) is 12.4. The van der Waals surface area contributed by atoms with E-state index in [1.54, 1.807) is 19.1 Å². The molecule has 3 aromatic rings. The third kappa shape index (κ3) is 7.35. The SMILES string of the molecule is CCCOc1ccc(N2C(=O)NC(=O)/C(=C\c3cc(Br)c(OCC(=O)Nc4ccccc4F)c(OC)c3)C2=O)cc1OCC. The van der Waals surface area contributed by atoms with Crippen LogP contribution in [0.1, 0.15) is 25.8 Å². The number of carbonyl (C=O) groups is 4. The molecule has 0 radical (unpaired) electrons. The summed E-state index contributed by atoms with van der Waals surface area (Å²) in [5.74, 6) is -1.82. The smallest absolute Gasteiger partial charge is 0.335 e. The number of benzene rings is 3. The number of ether oxygens (including phenoxy) is 4. The molecule has 11 nitrogen and oxygen atoms in total. The number of methoxy groups -OCH3 is 1. The van der Waals surface area contributed by atoms with Gasteiger partial charge in [0.1, 0.15) is 11.4 Å². The lowest BCUT2D eigenvalue weighted by Crippen LogP contribution is -2.54. The van der Waals surface area contributed by atoms with Gasteiger partial charge in [0.05, 0.1) is 36.2 Å². The van der Waals surface area contributed by atoms with E-state index in [4.69, 9.17) is 18.9 Å². The minimum atomic E-state index is -0.919. The van der Waals surface area contributed by atoms with Crippen LogP contribution in [0.3, 0.4) is 0 Å². The van der Waals surface area contributed by atoms with E-state index in [2.05, 4.69) is 26.6 Å². The number of hydrogen-bond donors (Lipinski definition) is 2. The summed E-state index contributed by atoms with van der Waals surface area (Å²) >= 11 is 3.37. The predicted octanol–water partition coefficient (Wildman–Crippen LogP) is 5.47. The minimum Gasteiger partial charge on any atom is -0.493 e. The number of halogens is 2. The second-order valence-corrected chi connectivity index (χ2v) is 10.1. The van der Waals surface area contributed by atoms with E-state index in [0.29, 0.717) is 34.7 Å². The molecule has 1 aliphatic heterocycles. The van der Waals surface area contributed by atoms with Crippen molar-refractivity contribution >= 4 is 57.1 Å². The van der Waals surface area contributed by atoms with Gasteiger partial charge < -0.3 is 24.3 Å². The standard InChI is InChI=1S/C31H29BrFN3O8/c1-4-12-43-24-11-10-19(16-25(24)42-5-2)36-30(39)20(29(38)35-31(36)40)13-18-14-21(32)28(26(15-18)41-3)44-17-27(37)34-23-9-7-6-8-22(23)33/h6-11,13-16H,4-5,12,17H2,1-3H3,(H,34,37)(H,35,38,40)/b20-13+. The third-order valence-corrected chi connectivity index (χ3v) is 6.70. The molecule has 1 aliphatic rings. The Kier molecular flexibility index (Phi) is 10.6. The van der Waals surface area contributed by atoms with Crippen molar-refractivity contribution in [3.8, 4) is 23.0 Å². The minimum absolute atomic E-state index is 0.00642. The molecule has 13 heteroatoms. The molecule has 2 N–H and O–H groups in total. The first-order chi connectivity index (χ1) is 21.2. The number of imide groups is 2. The Morgan fingerprint density at radius 3 is 2.48 bits per heavy atom. The van der Waals surface area contributed by atoms with Crippen LogP contribution >= 0.6 is 15.9 Å². The normalized spacial score (nSPS) is 13.9. The van der Waals surface area contributed by atoms with E-state index in [-0.39, 0.29) is 28.4 Å². The fourth-order valence-electron chi connectivity index (χ4n) is 4.14. The van der Waals surface area contributed by atoms with Crippen molar-refractivity contribution in [2.24, 2.45) is 0 Å². The molecule has 230 valence electrons. The highest BCUT2D eigenvalue weighted by atomic mass is 79.9. The van der Waals surface area contributed by atoms with Crippen LogP contribution in [0.2, 0.25) is 0 Å². The van der Waals surface area contributed by atoms with E-state index < -0.39 is 36.2 Å². The van der Waals surface area contributed by atoms with Crippen molar-refractivity contribution in [3.05, 3.63) is 76.0 Å². The predicted molar refractivity (Wildman–Crippen MR) is 164 cm³/mol. The first kappa shape index (κ1) is 32.0. The maximum Gasteiger partial charge on any atom is 0.335 e. The Morgan fingerprint density at radius 2 is 1.77 bits per heavy atom. The van der Waals surface area contributed by atoms with Crippen LogP contribution < -0.4 is 34.5 Å². The Bertz CT molecular complexity index is 1630. The average molecular weight is 670 g/mol. The van der Waals surface area contributed by atoms with Gasteiger partial charge in [0.25, 0.3) is 17.7 Å². The molecule has 0 bridgehead atoms. The van der Waals surface area contributed by atoms with Crippen LogP contribution in [0, 0.1) is 5.82 Å². The van der Waals surface area contributed by atoms with Gasteiger partial charge in [-0.25, -0.2) is 14.1 Å². The maximum atomic E-state index is 13.9. The summed E-state index contributed by atoms with van der Waals surface area (Å²) < 4.78 is 36.6. The topological polar surface area (TPSA) is 132 Å². The van der Waals surface area contributed by atoms with E-state index in [1.807, 2.05) is 6.92 Å². The summed E-state index contributed by atoms with van der Waals surface area (Å²) in [5, 5.41) is 4.61. The number of urea groups is 1. The van der Waals surface area contributed by atoms with Crippen LogP contribution in [0.4, 0.5) is 20.6 Å². The van der Waals surface area contributed by atoms with E-state index in [0.717, 1.165) is 11.3 Å². The van der Waals surface area contributed by atoms with Crippen molar-refractivity contribution < 1.29 is 42.5 Å². The van der Waals surface area contributed by atoms with Gasteiger partial charge in [0.2, 0.25) is 0 Å². The third-order valence-electron chi connectivity index (χ3n) is 6.11. The lowest BCUT2D eigenvalue weighted by molar-refractivity contribution is -0.122. The van der Waals surface area contributed by atoms with Gasteiger partial charge in [-0.1, -0.05) is 19.1 Å². The lowest BCUT2D eigenvalue weighted by atomic mass is 10.1. The zero-order valence-electron chi connectivity index (χ0n) is 24.1. The lowest BCUT2D eigenvalue weighted by Gasteiger charge is -2.27. The number of nitrogens with one attached hydrogen (secondary N) is 2. The highest BCUT2D eigenvalue weighted by Crippen LogP contribution is 2.38. The molecule has 0 spiro atoms. The van der Waals surface area contributed by atoms with Crippen LogP contribution in [-0.2, 0) is 14.4 Å². The number of anilines is 2. The first-order valence-corrected chi connectivity index (χ1v) is 14.3. The molecule has 4 rings (SSSR count). The quantitative estimate of drug-likeness (QED) is 0.192. The molecule has 44 heavy (non-hydrogen) atoms. The van der Waals surface area contributed by atoms with Gasteiger partial charge in [0.15, 0.2) is 29.6 Å². The van der Waals surface area contributed by atoms with Gasteiger partial charge in [-0.2, -0.15) is 0 Å². The van der Waals surface area contributed by atoms with E-state index in [9.17, 15) is 23.6 Å². The molecule has 1 heterocycles. The van der Waals surface area contributed by atoms with Crippen LogP contribution in [0.25, 0.3) is 6.08 Å². The van der Waals surface area contributed by atoms with Gasteiger partial charge in [-0.05, 0) is 77.3 Å². The number of carbonyl (C=O) groups excluding carboxylic acids is 4. The Balaban J connectivity index is 1.58. The number of rotatable bonds is 12. The second-order valence-electron chi connectivity index (χ2n) is 9.22. The number of nitrogens with zero attached hydrogens (tertiary/aromatic N) is 1. The molecule has 0 unspecified atom stereocenters. The molecular weight excluding hydrogens is 641 g/mol. The summed E-state index contributed by atoms with van der Waals surface area (Å²) in [6.07, 6.45) is 2.07. The summed E-state index contributed by atoms with van der Waals surface area (Å²) in [5.41, 5.74) is 0.213. The van der Waals surface area contributed by atoms with Crippen LogP contribution in [0.15, 0.2) is 64.6 Å². The molecule has 0 saturated carbocycles. The average Bonchev–Trinajstić information content (AvgIpc) is 2.99. The molecule has 5 amide bonds. The van der Waals surface area contributed by atoms with Crippen molar-refractivity contribution in [2.45, 2.75) is 20.3 Å². The number of hydrogen-bond acceptors (Lipinski definition) is 8. The monoisotopic (exact) mass is 669 g/mol. The Labute approximate surface area is 261 Å². The molecule has 0 atom stereocenters.